The van der Waals surface area contributed by atoms with Crippen LogP contribution in [0.3, 0.4) is 0 Å². The lowest BCUT2D eigenvalue weighted by Crippen LogP contribution is -2.50. The third-order valence-corrected chi connectivity index (χ3v) is 7.06. The first-order chi connectivity index (χ1) is 15.4. The summed E-state index contributed by atoms with van der Waals surface area (Å²) in [5.74, 6) is -1.82. The standard InChI is InChI=1S/C25H26N2O5/c1-15-12-27(13-20(15)22(28)29)23(30)25(10-11-25)26-24(31)32-14-21-18-8-4-2-6-16(18)17-7-3-5-9-19(17)21/h2-9,15,20-21H,10-14H2,1H3,(H,26,31)(H,28,29). The molecule has 2 amide bonds. The highest BCUT2D eigenvalue weighted by Crippen LogP contribution is 2.45. The summed E-state index contributed by atoms with van der Waals surface area (Å²) in [6, 6.07) is 16.2. The first kappa shape index (κ1) is 20.5. The molecule has 2 fully saturated rings. The second kappa shape index (κ2) is 7.65. The Balaban J connectivity index is 1.23. The van der Waals surface area contributed by atoms with Gasteiger partial charge in [-0.2, -0.15) is 0 Å². The molecule has 1 saturated heterocycles. The smallest absolute Gasteiger partial charge is 0.408 e. The Kier molecular flexibility index (Phi) is 4.92. The van der Waals surface area contributed by atoms with Gasteiger partial charge in [-0.1, -0.05) is 55.5 Å². The number of rotatable bonds is 5. The number of carboxylic acids is 1. The fourth-order valence-corrected chi connectivity index (χ4v) is 5.10. The van der Waals surface area contributed by atoms with E-state index < -0.39 is 23.5 Å². The van der Waals surface area contributed by atoms with Gasteiger partial charge in [0.25, 0.3) is 0 Å². The molecule has 0 aromatic heterocycles. The molecular formula is C25H26N2O5. The molecule has 2 unspecified atom stereocenters. The summed E-state index contributed by atoms with van der Waals surface area (Å²) in [5, 5.41) is 12.1. The zero-order chi connectivity index (χ0) is 22.5. The van der Waals surface area contributed by atoms with Gasteiger partial charge in [0.15, 0.2) is 0 Å². The molecule has 32 heavy (non-hydrogen) atoms. The molecular weight excluding hydrogens is 408 g/mol. The lowest BCUT2D eigenvalue weighted by atomic mass is 9.98. The van der Waals surface area contributed by atoms with Gasteiger partial charge in [0.2, 0.25) is 5.91 Å². The van der Waals surface area contributed by atoms with Crippen LogP contribution in [0.25, 0.3) is 11.1 Å². The molecule has 2 aliphatic carbocycles. The molecule has 7 nitrogen and oxygen atoms in total. The van der Waals surface area contributed by atoms with E-state index >= 15 is 0 Å². The first-order valence-electron chi connectivity index (χ1n) is 11.0. The molecule has 2 atom stereocenters. The Morgan fingerprint density at radius 3 is 2.16 bits per heavy atom. The fraction of sp³-hybridized carbons (Fsp3) is 0.400. The molecule has 2 aromatic carbocycles. The van der Waals surface area contributed by atoms with Crippen LogP contribution in [0.5, 0.6) is 0 Å². The van der Waals surface area contributed by atoms with Gasteiger partial charge in [-0.25, -0.2) is 4.79 Å². The van der Waals surface area contributed by atoms with Gasteiger partial charge in [0.1, 0.15) is 12.1 Å². The highest BCUT2D eigenvalue weighted by atomic mass is 16.5. The first-order valence-corrected chi connectivity index (χ1v) is 11.0. The van der Waals surface area contributed by atoms with Crippen molar-refractivity contribution >= 4 is 18.0 Å². The number of carbonyl (C=O) groups is 3. The van der Waals surface area contributed by atoms with E-state index in [-0.39, 0.29) is 30.9 Å². The fourth-order valence-electron chi connectivity index (χ4n) is 5.10. The number of amides is 2. The van der Waals surface area contributed by atoms with Crippen molar-refractivity contribution in [1.82, 2.24) is 10.2 Å². The van der Waals surface area contributed by atoms with E-state index in [1.54, 1.807) is 4.90 Å². The van der Waals surface area contributed by atoms with Crippen molar-refractivity contribution in [2.75, 3.05) is 19.7 Å². The average Bonchev–Trinajstić information content (AvgIpc) is 3.34. The van der Waals surface area contributed by atoms with Crippen LogP contribution in [0.15, 0.2) is 48.5 Å². The number of likely N-dealkylation sites (tertiary alicyclic amines) is 1. The molecule has 0 spiro atoms. The number of aliphatic carboxylic acids is 1. The van der Waals surface area contributed by atoms with E-state index in [0.717, 1.165) is 22.3 Å². The summed E-state index contributed by atoms with van der Waals surface area (Å²) in [6.45, 7) is 2.60. The minimum atomic E-state index is -0.963. The number of hydrogen-bond acceptors (Lipinski definition) is 4. The predicted octanol–water partition coefficient (Wildman–Crippen LogP) is 3.24. The maximum Gasteiger partial charge on any atom is 0.408 e. The molecule has 0 bridgehead atoms. The second-order valence-electron chi connectivity index (χ2n) is 9.16. The van der Waals surface area contributed by atoms with E-state index in [4.69, 9.17) is 4.74 Å². The molecule has 2 N–H and O–H groups in total. The molecule has 1 aliphatic heterocycles. The molecule has 1 heterocycles. The third kappa shape index (κ3) is 3.42. The van der Waals surface area contributed by atoms with Crippen LogP contribution in [-0.2, 0) is 14.3 Å². The lowest BCUT2D eigenvalue weighted by Gasteiger charge is -2.24. The van der Waals surface area contributed by atoms with Gasteiger partial charge in [0.05, 0.1) is 5.92 Å². The van der Waals surface area contributed by atoms with Crippen LogP contribution in [0.4, 0.5) is 4.79 Å². The monoisotopic (exact) mass is 434 g/mol. The molecule has 5 rings (SSSR count). The minimum Gasteiger partial charge on any atom is -0.481 e. The van der Waals surface area contributed by atoms with Crippen LogP contribution in [0, 0.1) is 11.8 Å². The SMILES string of the molecule is CC1CN(C(=O)C2(NC(=O)OCC3c4ccccc4-c4ccccc43)CC2)CC1C(=O)O. The summed E-state index contributed by atoms with van der Waals surface area (Å²) in [5.41, 5.74) is 3.61. The topological polar surface area (TPSA) is 95.9 Å². The number of hydrogen-bond donors (Lipinski definition) is 2. The van der Waals surface area contributed by atoms with Gasteiger partial charge < -0.3 is 20.1 Å². The number of benzene rings is 2. The molecule has 1 saturated carbocycles. The molecule has 3 aliphatic rings. The summed E-state index contributed by atoms with van der Waals surface area (Å²) >= 11 is 0. The van der Waals surface area contributed by atoms with Gasteiger partial charge in [-0.15, -0.1) is 0 Å². The van der Waals surface area contributed by atoms with Crippen molar-refractivity contribution in [3.63, 3.8) is 0 Å². The normalized spacial score (nSPS) is 22.7. The Morgan fingerprint density at radius 1 is 1.03 bits per heavy atom. The van der Waals surface area contributed by atoms with E-state index in [9.17, 15) is 19.5 Å². The Morgan fingerprint density at radius 2 is 1.62 bits per heavy atom. The number of alkyl carbamates (subject to hydrolysis) is 1. The number of carboxylic acid groups (broad SMARTS) is 1. The molecule has 0 radical (unpaired) electrons. The van der Waals surface area contributed by atoms with Gasteiger partial charge in [-0.05, 0) is 41.0 Å². The number of ether oxygens (including phenoxy) is 1. The summed E-state index contributed by atoms with van der Waals surface area (Å²) < 4.78 is 5.59. The van der Waals surface area contributed by atoms with Crippen molar-refractivity contribution < 1.29 is 24.2 Å². The maximum absolute atomic E-state index is 13.0. The lowest BCUT2D eigenvalue weighted by molar-refractivity contribution is -0.142. The Hall–Kier alpha value is -3.35. The van der Waals surface area contributed by atoms with Gasteiger partial charge in [-0.3, -0.25) is 9.59 Å². The van der Waals surface area contributed by atoms with Gasteiger partial charge >= 0.3 is 12.1 Å². The van der Waals surface area contributed by atoms with Crippen molar-refractivity contribution in [3.05, 3.63) is 59.7 Å². The summed E-state index contributed by atoms with van der Waals surface area (Å²) in [7, 11) is 0. The third-order valence-electron chi connectivity index (χ3n) is 7.06. The van der Waals surface area contributed by atoms with Crippen molar-refractivity contribution in [2.24, 2.45) is 11.8 Å². The molecule has 7 heteroatoms. The second-order valence-corrected chi connectivity index (χ2v) is 9.16. The van der Waals surface area contributed by atoms with E-state index in [1.165, 1.54) is 0 Å². The van der Waals surface area contributed by atoms with E-state index in [2.05, 4.69) is 29.6 Å². The van der Waals surface area contributed by atoms with Crippen molar-refractivity contribution in [3.8, 4) is 11.1 Å². The zero-order valence-corrected chi connectivity index (χ0v) is 17.9. The number of fused-ring (bicyclic) bond motifs is 3. The van der Waals surface area contributed by atoms with Crippen molar-refractivity contribution in [1.29, 1.82) is 0 Å². The van der Waals surface area contributed by atoms with E-state index in [1.807, 2.05) is 31.2 Å². The number of carbonyl (C=O) groups excluding carboxylic acids is 2. The van der Waals surface area contributed by atoms with Crippen molar-refractivity contribution in [2.45, 2.75) is 31.2 Å². The predicted molar refractivity (Wildman–Crippen MR) is 117 cm³/mol. The van der Waals surface area contributed by atoms with Crippen LogP contribution in [0.2, 0.25) is 0 Å². The zero-order valence-electron chi connectivity index (χ0n) is 17.9. The maximum atomic E-state index is 13.0. The quantitative estimate of drug-likeness (QED) is 0.753. The van der Waals surface area contributed by atoms with E-state index in [0.29, 0.717) is 19.4 Å². The number of nitrogens with one attached hydrogen (secondary N) is 1. The largest absolute Gasteiger partial charge is 0.481 e. The minimum absolute atomic E-state index is 0.0465. The summed E-state index contributed by atoms with van der Waals surface area (Å²) in [6.07, 6.45) is 0.469. The highest BCUT2D eigenvalue weighted by molar-refractivity contribution is 5.93. The van der Waals surface area contributed by atoms with Crippen LogP contribution >= 0.6 is 0 Å². The molecule has 166 valence electrons. The highest BCUT2D eigenvalue weighted by Gasteiger charge is 2.55. The Labute approximate surface area is 186 Å². The van der Waals surface area contributed by atoms with Crippen LogP contribution in [-0.4, -0.2) is 53.2 Å². The molecule has 2 aromatic rings. The van der Waals surface area contributed by atoms with Gasteiger partial charge in [0, 0.05) is 19.0 Å². The van der Waals surface area contributed by atoms with Crippen LogP contribution in [0.1, 0.15) is 36.8 Å². The number of nitrogens with zero attached hydrogens (tertiary/aromatic N) is 1. The van der Waals surface area contributed by atoms with Crippen LogP contribution < -0.4 is 5.32 Å². The Bertz CT molecular complexity index is 1050. The summed E-state index contributed by atoms with van der Waals surface area (Å²) in [4.78, 5) is 38.6. The average molecular weight is 434 g/mol.